The Bertz CT molecular complexity index is 237. The third-order valence-electron chi connectivity index (χ3n) is 3.05. The SMILES string of the molecule is CCN(CC1CCCO1)CC(C)(N)C(N)=O. The molecular weight excluding hydrogens is 206 g/mol. The Morgan fingerprint density at radius 3 is 2.75 bits per heavy atom. The van der Waals surface area contributed by atoms with Crippen molar-refractivity contribution in [3.05, 3.63) is 0 Å². The average molecular weight is 229 g/mol. The number of carbonyl (C=O) groups excluding carboxylic acids is 1. The molecule has 0 radical (unpaired) electrons. The van der Waals surface area contributed by atoms with Crippen molar-refractivity contribution >= 4 is 5.91 Å². The predicted molar refractivity (Wildman–Crippen MR) is 62.9 cm³/mol. The Balaban J connectivity index is 2.44. The number of rotatable bonds is 6. The molecule has 1 aliphatic rings. The van der Waals surface area contributed by atoms with Crippen LogP contribution in [0, 0.1) is 0 Å². The van der Waals surface area contributed by atoms with Gasteiger partial charge in [-0.1, -0.05) is 6.92 Å². The van der Waals surface area contributed by atoms with Gasteiger partial charge in [0, 0.05) is 19.7 Å². The van der Waals surface area contributed by atoms with Gasteiger partial charge in [-0.3, -0.25) is 9.69 Å². The number of ether oxygens (including phenoxy) is 1. The largest absolute Gasteiger partial charge is 0.377 e. The molecule has 94 valence electrons. The normalized spacial score (nSPS) is 24.6. The van der Waals surface area contributed by atoms with E-state index >= 15 is 0 Å². The molecule has 5 heteroatoms. The Labute approximate surface area is 97.1 Å². The van der Waals surface area contributed by atoms with Crippen LogP contribution in [-0.2, 0) is 9.53 Å². The van der Waals surface area contributed by atoms with Crippen molar-refractivity contribution in [3.8, 4) is 0 Å². The zero-order chi connectivity index (χ0) is 12.2. The Morgan fingerprint density at radius 2 is 2.31 bits per heavy atom. The van der Waals surface area contributed by atoms with E-state index in [9.17, 15) is 4.79 Å². The van der Waals surface area contributed by atoms with Crippen molar-refractivity contribution < 1.29 is 9.53 Å². The van der Waals surface area contributed by atoms with E-state index in [0.717, 1.165) is 32.5 Å². The van der Waals surface area contributed by atoms with Gasteiger partial charge in [0.15, 0.2) is 0 Å². The molecule has 0 bridgehead atoms. The third kappa shape index (κ3) is 3.73. The second-order valence-electron chi connectivity index (χ2n) is 4.74. The quantitative estimate of drug-likeness (QED) is 0.654. The van der Waals surface area contributed by atoms with Crippen molar-refractivity contribution in [2.24, 2.45) is 11.5 Å². The van der Waals surface area contributed by atoms with Crippen LogP contribution in [0.15, 0.2) is 0 Å². The monoisotopic (exact) mass is 229 g/mol. The predicted octanol–water partition coefficient (Wildman–Crippen LogP) is -0.310. The number of likely N-dealkylation sites (N-methyl/N-ethyl adjacent to an activating group) is 1. The first kappa shape index (κ1) is 13.4. The van der Waals surface area contributed by atoms with E-state index in [1.165, 1.54) is 0 Å². The number of hydrogen-bond donors (Lipinski definition) is 2. The first-order valence-corrected chi connectivity index (χ1v) is 5.88. The van der Waals surface area contributed by atoms with E-state index in [-0.39, 0.29) is 6.10 Å². The van der Waals surface area contributed by atoms with Gasteiger partial charge in [0.05, 0.1) is 6.10 Å². The van der Waals surface area contributed by atoms with Crippen LogP contribution in [0.1, 0.15) is 26.7 Å². The molecule has 0 spiro atoms. The van der Waals surface area contributed by atoms with Crippen LogP contribution >= 0.6 is 0 Å². The molecule has 0 saturated carbocycles. The highest BCUT2D eigenvalue weighted by Crippen LogP contribution is 2.14. The van der Waals surface area contributed by atoms with Crippen LogP contribution in [0.25, 0.3) is 0 Å². The number of primary amides is 1. The fourth-order valence-electron chi connectivity index (χ4n) is 1.92. The van der Waals surface area contributed by atoms with Gasteiger partial charge in [0.25, 0.3) is 0 Å². The Morgan fingerprint density at radius 1 is 1.62 bits per heavy atom. The summed E-state index contributed by atoms with van der Waals surface area (Å²) in [6.07, 6.45) is 2.50. The number of nitrogens with zero attached hydrogens (tertiary/aromatic N) is 1. The molecular formula is C11H23N3O2. The number of nitrogens with two attached hydrogens (primary N) is 2. The van der Waals surface area contributed by atoms with E-state index < -0.39 is 11.4 Å². The lowest BCUT2D eigenvalue weighted by atomic mass is 10.0. The molecule has 1 heterocycles. The lowest BCUT2D eigenvalue weighted by Gasteiger charge is -2.30. The maximum absolute atomic E-state index is 11.1. The molecule has 16 heavy (non-hydrogen) atoms. The van der Waals surface area contributed by atoms with Gasteiger partial charge < -0.3 is 16.2 Å². The van der Waals surface area contributed by atoms with Gasteiger partial charge in [-0.2, -0.15) is 0 Å². The molecule has 0 aromatic carbocycles. The summed E-state index contributed by atoms with van der Waals surface area (Å²) in [5, 5.41) is 0. The van der Waals surface area contributed by atoms with E-state index in [4.69, 9.17) is 16.2 Å². The average Bonchev–Trinajstić information content (AvgIpc) is 2.68. The molecule has 2 atom stereocenters. The van der Waals surface area contributed by atoms with E-state index in [1.807, 2.05) is 6.92 Å². The minimum atomic E-state index is -0.964. The maximum Gasteiger partial charge on any atom is 0.238 e. The number of hydrogen-bond acceptors (Lipinski definition) is 4. The smallest absolute Gasteiger partial charge is 0.238 e. The van der Waals surface area contributed by atoms with Gasteiger partial charge in [-0.05, 0) is 26.3 Å². The summed E-state index contributed by atoms with van der Waals surface area (Å²) in [6.45, 7) is 6.73. The van der Waals surface area contributed by atoms with Crippen molar-refractivity contribution in [3.63, 3.8) is 0 Å². The standard InChI is InChI=1S/C11H23N3O2/c1-3-14(7-9-5-4-6-16-9)8-11(2,13)10(12)15/h9H,3-8,13H2,1-2H3,(H2,12,15). The minimum absolute atomic E-state index is 0.281. The highest BCUT2D eigenvalue weighted by atomic mass is 16.5. The van der Waals surface area contributed by atoms with Crippen LogP contribution in [0.4, 0.5) is 0 Å². The van der Waals surface area contributed by atoms with E-state index in [2.05, 4.69) is 4.90 Å². The molecule has 1 fully saturated rings. The van der Waals surface area contributed by atoms with Gasteiger partial charge >= 0.3 is 0 Å². The van der Waals surface area contributed by atoms with Crippen LogP contribution in [-0.4, -0.2) is 48.7 Å². The molecule has 5 nitrogen and oxygen atoms in total. The molecule has 1 saturated heterocycles. The molecule has 1 aliphatic heterocycles. The first-order chi connectivity index (χ1) is 7.45. The van der Waals surface area contributed by atoms with Crippen LogP contribution < -0.4 is 11.5 Å². The highest BCUT2D eigenvalue weighted by molar-refractivity contribution is 5.84. The van der Waals surface area contributed by atoms with Crippen molar-refractivity contribution in [2.75, 3.05) is 26.2 Å². The second kappa shape index (κ2) is 5.61. The molecule has 1 rings (SSSR count). The van der Waals surface area contributed by atoms with Crippen molar-refractivity contribution in [1.29, 1.82) is 0 Å². The highest BCUT2D eigenvalue weighted by Gasteiger charge is 2.29. The van der Waals surface area contributed by atoms with E-state index in [0.29, 0.717) is 6.54 Å². The third-order valence-corrected chi connectivity index (χ3v) is 3.05. The van der Waals surface area contributed by atoms with Crippen molar-refractivity contribution in [1.82, 2.24) is 4.90 Å². The topological polar surface area (TPSA) is 81.6 Å². The summed E-state index contributed by atoms with van der Waals surface area (Å²) in [5.74, 6) is -0.460. The lowest BCUT2D eigenvalue weighted by Crippen LogP contribution is -2.57. The lowest BCUT2D eigenvalue weighted by molar-refractivity contribution is -0.123. The van der Waals surface area contributed by atoms with Crippen LogP contribution in [0.3, 0.4) is 0 Å². The minimum Gasteiger partial charge on any atom is -0.377 e. The first-order valence-electron chi connectivity index (χ1n) is 5.88. The summed E-state index contributed by atoms with van der Waals surface area (Å²) in [5.41, 5.74) is 10.1. The maximum atomic E-state index is 11.1. The van der Waals surface area contributed by atoms with Crippen LogP contribution in [0.5, 0.6) is 0 Å². The zero-order valence-corrected chi connectivity index (χ0v) is 10.2. The number of amides is 1. The van der Waals surface area contributed by atoms with Gasteiger partial charge in [-0.25, -0.2) is 0 Å². The molecule has 4 N–H and O–H groups in total. The fourth-order valence-corrected chi connectivity index (χ4v) is 1.92. The number of carbonyl (C=O) groups is 1. The van der Waals surface area contributed by atoms with Gasteiger partial charge in [-0.15, -0.1) is 0 Å². The Kier molecular flexibility index (Phi) is 4.70. The summed E-state index contributed by atoms with van der Waals surface area (Å²) >= 11 is 0. The Hall–Kier alpha value is -0.650. The van der Waals surface area contributed by atoms with E-state index in [1.54, 1.807) is 6.92 Å². The summed E-state index contributed by atoms with van der Waals surface area (Å²) in [4.78, 5) is 13.3. The van der Waals surface area contributed by atoms with Crippen molar-refractivity contribution in [2.45, 2.75) is 38.3 Å². The summed E-state index contributed by atoms with van der Waals surface area (Å²) < 4.78 is 5.56. The summed E-state index contributed by atoms with van der Waals surface area (Å²) in [7, 11) is 0. The molecule has 0 aliphatic carbocycles. The molecule has 0 aromatic heterocycles. The molecule has 1 amide bonds. The van der Waals surface area contributed by atoms with Gasteiger partial charge in [0.1, 0.15) is 5.54 Å². The molecule has 0 aromatic rings. The zero-order valence-electron chi connectivity index (χ0n) is 10.2. The fraction of sp³-hybridized carbons (Fsp3) is 0.909. The molecule has 2 unspecified atom stereocenters. The van der Waals surface area contributed by atoms with Gasteiger partial charge in [0.2, 0.25) is 5.91 Å². The van der Waals surface area contributed by atoms with Crippen LogP contribution in [0.2, 0.25) is 0 Å². The summed E-state index contributed by atoms with van der Waals surface area (Å²) in [6, 6.07) is 0. The second-order valence-corrected chi connectivity index (χ2v) is 4.74.